The summed E-state index contributed by atoms with van der Waals surface area (Å²) in [6.07, 6.45) is 0. The molecule has 0 aliphatic carbocycles. The highest BCUT2D eigenvalue weighted by molar-refractivity contribution is 7.99. The van der Waals surface area contributed by atoms with Crippen molar-refractivity contribution in [3.63, 3.8) is 0 Å². The molecule has 0 aliphatic heterocycles. The molecule has 0 atom stereocenters. The summed E-state index contributed by atoms with van der Waals surface area (Å²) < 4.78 is 0. The summed E-state index contributed by atoms with van der Waals surface area (Å²) >= 11 is 1.58. The fourth-order valence-corrected chi connectivity index (χ4v) is 4.24. The van der Waals surface area contributed by atoms with E-state index >= 15 is 0 Å². The van der Waals surface area contributed by atoms with Crippen LogP contribution in [0.4, 0.5) is 0 Å². The number of rotatable bonds is 4. The Morgan fingerprint density at radius 3 is 1.21 bits per heavy atom. The smallest absolute Gasteiger partial charge is 0.118 e. The van der Waals surface area contributed by atoms with Crippen LogP contribution >= 0.6 is 11.8 Å². The van der Waals surface area contributed by atoms with E-state index in [4.69, 9.17) is 10.2 Å². The first-order valence-corrected chi connectivity index (χ1v) is 11.7. The number of aromatic hydroxyl groups is 4. The lowest BCUT2D eigenvalue weighted by molar-refractivity contribution is 0.469. The van der Waals surface area contributed by atoms with Crippen LogP contribution in [0.25, 0.3) is 0 Å². The first-order chi connectivity index (χ1) is 16.1. The van der Waals surface area contributed by atoms with Crippen molar-refractivity contribution in [1.29, 1.82) is 0 Å². The molecule has 4 nitrogen and oxygen atoms in total. The maximum atomic E-state index is 9.63. The number of phenolic OH excluding ortho intramolecular Hbond substituents is 4. The van der Waals surface area contributed by atoms with E-state index in [0.29, 0.717) is 11.5 Å². The summed E-state index contributed by atoms with van der Waals surface area (Å²) in [7, 11) is 0. The van der Waals surface area contributed by atoms with Crippen molar-refractivity contribution in [2.45, 2.75) is 42.9 Å². The molecule has 34 heavy (non-hydrogen) atoms. The Kier molecular flexibility index (Phi) is 7.79. The third-order valence-electron chi connectivity index (χ3n) is 5.75. The Hall–Kier alpha value is -3.57. The maximum absolute atomic E-state index is 9.63. The van der Waals surface area contributed by atoms with Crippen molar-refractivity contribution < 1.29 is 20.4 Å². The van der Waals surface area contributed by atoms with Gasteiger partial charge in [-0.1, -0.05) is 49.9 Å². The standard InChI is InChI=1S/C17H20O2.C12H10O2S/c1-11-9-13(5-7-15(11)18)17(3,4)14-6-8-16(19)12(2)10-14;13-9-1-5-11(6-2-9)15-12-7-3-10(14)4-8-12/h5-10,18-19H,1-4H3;1-8,13-14H. The van der Waals surface area contributed by atoms with Crippen LogP contribution in [-0.2, 0) is 5.41 Å². The molecule has 0 fully saturated rings. The van der Waals surface area contributed by atoms with Crippen LogP contribution in [0.3, 0.4) is 0 Å². The lowest BCUT2D eigenvalue weighted by Crippen LogP contribution is -2.19. The molecule has 0 saturated heterocycles. The molecular weight excluding hydrogens is 444 g/mol. The molecule has 0 amide bonds. The number of hydrogen-bond acceptors (Lipinski definition) is 5. The van der Waals surface area contributed by atoms with Gasteiger partial charge in [-0.2, -0.15) is 0 Å². The zero-order chi connectivity index (χ0) is 24.9. The highest BCUT2D eigenvalue weighted by Crippen LogP contribution is 2.35. The first kappa shape index (κ1) is 25.1. The maximum Gasteiger partial charge on any atom is 0.118 e. The van der Waals surface area contributed by atoms with Crippen molar-refractivity contribution in [1.82, 2.24) is 0 Å². The quantitative estimate of drug-likeness (QED) is 0.250. The minimum atomic E-state index is -0.170. The van der Waals surface area contributed by atoms with E-state index in [1.807, 2.05) is 62.4 Å². The molecule has 0 unspecified atom stereocenters. The van der Waals surface area contributed by atoms with Crippen molar-refractivity contribution in [3.05, 3.63) is 107 Å². The summed E-state index contributed by atoms with van der Waals surface area (Å²) in [5, 5.41) is 37.5. The number of aryl methyl sites for hydroxylation is 2. The van der Waals surface area contributed by atoms with Gasteiger partial charge in [-0.05, 0) is 96.8 Å². The molecule has 4 aromatic carbocycles. The van der Waals surface area contributed by atoms with E-state index in [2.05, 4.69) is 13.8 Å². The van der Waals surface area contributed by atoms with Crippen molar-refractivity contribution >= 4 is 11.8 Å². The summed E-state index contributed by atoms with van der Waals surface area (Å²) in [4.78, 5) is 2.11. The fourth-order valence-electron chi connectivity index (χ4n) is 3.42. The van der Waals surface area contributed by atoms with Gasteiger partial charge in [-0.25, -0.2) is 0 Å². The molecule has 0 spiro atoms. The largest absolute Gasteiger partial charge is 0.508 e. The van der Waals surface area contributed by atoms with Gasteiger partial charge in [0.2, 0.25) is 0 Å². The fraction of sp³-hybridized carbons (Fsp3) is 0.172. The number of hydrogen-bond donors (Lipinski definition) is 4. The Balaban J connectivity index is 0.000000196. The third kappa shape index (κ3) is 6.27. The summed E-state index contributed by atoms with van der Waals surface area (Å²) in [6, 6.07) is 25.4. The highest BCUT2D eigenvalue weighted by atomic mass is 32.2. The van der Waals surface area contributed by atoms with Gasteiger partial charge < -0.3 is 20.4 Å². The summed E-state index contributed by atoms with van der Waals surface area (Å²) in [5.74, 6) is 1.18. The first-order valence-electron chi connectivity index (χ1n) is 10.9. The van der Waals surface area contributed by atoms with E-state index in [0.717, 1.165) is 32.0 Å². The normalized spacial score (nSPS) is 10.9. The zero-order valence-corrected chi connectivity index (χ0v) is 20.6. The van der Waals surface area contributed by atoms with Gasteiger partial charge in [0.25, 0.3) is 0 Å². The second kappa shape index (κ2) is 10.6. The zero-order valence-electron chi connectivity index (χ0n) is 19.8. The van der Waals surface area contributed by atoms with E-state index in [1.165, 1.54) is 0 Å². The Morgan fingerprint density at radius 2 is 0.882 bits per heavy atom. The van der Waals surface area contributed by atoms with E-state index < -0.39 is 0 Å². The van der Waals surface area contributed by atoms with Crippen LogP contribution in [0, 0.1) is 13.8 Å². The van der Waals surface area contributed by atoms with E-state index in [-0.39, 0.29) is 16.9 Å². The van der Waals surface area contributed by atoms with Crippen molar-refractivity contribution in [2.75, 3.05) is 0 Å². The number of benzene rings is 4. The molecule has 4 N–H and O–H groups in total. The van der Waals surface area contributed by atoms with Crippen LogP contribution in [0.2, 0.25) is 0 Å². The highest BCUT2D eigenvalue weighted by Gasteiger charge is 2.24. The lowest BCUT2D eigenvalue weighted by atomic mass is 9.77. The summed E-state index contributed by atoms with van der Waals surface area (Å²) in [5.41, 5.74) is 3.87. The predicted molar refractivity (Wildman–Crippen MR) is 138 cm³/mol. The minimum absolute atomic E-state index is 0.170. The van der Waals surface area contributed by atoms with Crippen LogP contribution < -0.4 is 0 Å². The van der Waals surface area contributed by atoms with Gasteiger partial charge in [0.1, 0.15) is 23.0 Å². The van der Waals surface area contributed by atoms with E-state index in [1.54, 1.807) is 48.2 Å². The Labute approximate surface area is 205 Å². The van der Waals surface area contributed by atoms with Gasteiger partial charge in [0, 0.05) is 15.2 Å². The predicted octanol–water partition coefficient (Wildman–Crippen LogP) is 7.29. The second-order valence-electron chi connectivity index (χ2n) is 8.72. The molecule has 0 saturated carbocycles. The molecular formula is C29H30O4S. The van der Waals surface area contributed by atoms with Crippen molar-refractivity contribution in [2.24, 2.45) is 0 Å². The average molecular weight is 475 g/mol. The molecule has 176 valence electrons. The third-order valence-corrected chi connectivity index (χ3v) is 6.76. The van der Waals surface area contributed by atoms with Crippen LogP contribution in [0.5, 0.6) is 23.0 Å². The van der Waals surface area contributed by atoms with Crippen LogP contribution in [-0.4, -0.2) is 20.4 Å². The Morgan fingerprint density at radius 1 is 0.529 bits per heavy atom. The topological polar surface area (TPSA) is 80.9 Å². The SMILES string of the molecule is Cc1cc(C(C)(C)c2ccc(O)c(C)c2)ccc1O.Oc1ccc(Sc2ccc(O)cc2)cc1. The molecule has 4 rings (SSSR count). The molecule has 0 heterocycles. The minimum Gasteiger partial charge on any atom is -0.508 e. The second-order valence-corrected chi connectivity index (χ2v) is 9.86. The molecule has 0 bridgehead atoms. The van der Waals surface area contributed by atoms with E-state index in [9.17, 15) is 10.2 Å². The molecule has 0 aliphatic rings. The summed E-state index contributed by atoms with van der Waals surface area (Å²) in [6.45, 7) is 8.09. The molecule has 0 radical (unpaired) electrons. The molecule has 0 aromatic heterocycles. The Bertz CT molecular complexity index is 1150. The number of phenols is 4. The van der Waals surface area contributed by atoms with Crippen molar-refractivity contribution in [3.8, 4) is 23.0 Å². The van der Waals surface area contributed by atoms with Crippen LogP contribution in [0.15, 0.2) is 94.7 Å². The van der Waals surface area contributed by atoms with Gasteiger partial charge in [0.15, 0.2) is 0 Å². The lowest BCUT2D eigenvalue weighted by Gasteiger charge is -2.27. The van der Waals surface area contributed by atoms with Gasteiger partial charge in [-0.15, -0.1) is 0 Å². The molecule has 5 heteroatoms. The molecule has 4 aromatic rings. The monoisotopic (exact) mass is 474 g/mol. The van der Waals surface area contributed by atoms with Gasteiger partial charge in [-0.3, -0.25) is 0 Å². The average Bonchev–Trinajstić information content (AvgIpc) is 2.81. The van der Waals surface area contributed by atoms with Gasteiger partial charge >= 0.3 is 0 Å². The van der Waals surface area contributed by atoms with Crippen LogP contribution in [0.1, 0.15) is 36.1 Å². The van der Waals surface area contributed by atoms with Gasteiger partial charge in [0.05, 0.1) is 0 Å².